The van der Waals surface area contributed by atoms with Gasteiger partial charge in [0.1, 0.15) is 10.6 Å². The van der Waals surface area contributed by atoms with Crippen molar-refractivity contribution in [1.82, 2.24) is 14.5 Å². The molecule has 0 amide bonds. The van der Waals surface area contributed by atoms with Crippen molar-refractivity contribution in [2.24, 2.45) is 0 Å². The number of nitrogens with zero attached hydrogens (tertiary/aromatic N) is 3. The average Bonchev–Trinajstić information content (AvgIpc) is 2.99. The van der Waals surface area contributed by atoms with Crippen LogP contribution in [0.4, 0.5) is 4.39 Å². The van der Waals surface area contributed by atoms with Crippen molar-refractivity contribution in [3.8, 4) is 0 Å². The number of pyridine rings is 1. The van der Waals surface area contributed by atoms with E-state index in [1.165, 1.54) is 34.4 Å². The maximum atomic E-state index is 13.8. The van der Waals surface area contributed by atoms with Gasteiger partial charge in [0.05, 0.1) is 23.8 Å². The number of hydrogen-bond acceptors (Lipinski definition) is 4. The molecule has 0 bridgehead atoms. The molecule has 3 aromatic heterocycles. The van der Waals surface area contributed by atoms with E-state index >= 15 is 0 Å². The molecule has 4 nitrogen and oxygen atoms in total. The lowest BCUT2D eigenvalue weighted by Gasteiger charge is -2.08. The minimum atomic E-state index is -0.340. The molecule has 0 aliphatic rings. The van der Waals surface area contributed by atoms with Crippen molar-refractivity contribution < 1.29 is 4.39 Å². The van der Waals surface area contributed by atoms with E-state index in [-0.39, 0.29) is 17.9 Å². The van der Waals surface area contributed by atoms with Crippen LogP contribution in [0.5, 0.6) is 0 Å². The normalized spacial score (nSPS) is 11.3. The van der Waals surface area contributed by atoms with Gasteiger partial charge in [0, 0.05) is 17.1 Å². The maximum absolute atomic E-state index is 13.8. The zero-order valence-electron chi connectivity index (χ0n) is 11.4. The van der Waals surface area contributed by atoms with Gasteiger partial charge in [-0.2, -0.15) is 0 Å². The van der Waals surface area contributed by atoms with E-state index < -0.39 is 0 Å². The molecule has 6 heteroatoms. The predicted molar refractivity (Wildman–Crippen MR) is 84.7 cm³/mol. The van der Waals surface area contributed by atoms with Crippen molar-refractivity contribution in [2.75, 3.05) is 0 Å². The van der Waals surface area contributed by atoms with E-state index in [2.05, 4.69) is 9.97 Å². The Labute approximate surface area is 128 Å². The first kappa shape index (κ1) is 13.1. The highest BCUT2D eigenvalue weighted by Gasteiger charge is 2.09. The van der Waals surface area contributed by atoms with Crippen LogP contribution in [-0.2, 0) is 6.54 Å². The Hall–Kier alpha value is -2.60. The fourth-order valence-corrected chi connectivity index (χ4v) is 3.26. The molecule has 0 spiro atoms. The zero-order valence-corrected chi connectivity index (χ0v) is 12.2. The van der Waals surface area contributed by atoms with Crippen LogP contribution >= 0.6 is 11.3 Å². The fraction of sp³-hybridized carbons (Fsp3) is 0.0625. The molecule has 4 aromatic rings. The minimum Gasteiger partial charge on any atom is -0.294 e. The Balaban J connectivity index is 1.89. The van der Waals surface area contributed by atoms with Crippen LogP contribution in [0.25, 0.3) is 21.1 Å². The van der Waals surface area contributed by atoms with E-state index in [0.717, 1.165) is 5.39 Å². The Morgan fingerprint density at radius 3 is 3.05 bits per heavy atom. The van der Waals surface area contributed by atoms with Gasteiger partial charge in [0.2, 0.25) is 0 Å². The summed E-state index contributed by atoms with van der Waals surface area (Å²) in [5, 5.41) is 3.14. The molecule has 0 aliphatic heterocycles. The highest BCUT2D eigenvalue weighted by molar-refractivity contribution is 7.16. The lowest BCUT2D eigenvalue weighted by Crippen LogP contribution is -2.20. The molecule has 22 heavy (non-hydrogen) atoms. The van der Waals surface area contributed by atoms with Crippen LogP contribution < -0.4 is 5.56 Å². The standard InChI is InChI=1S/C16H10FN3OS/c17-12-6-10-2-1-4-18-14(10)11(7-12)8-20-9-19-15-13(16(20)21)3-5-22-15/h1-7,9H,8H2. The van der Waals surface area contributed by atoms with Gasteiger partial charge in [-0.15, -0.1) is 11.3 Å². The van der Waals surface area contributed by atoms with E-state index in [0.29, 0.717) is 21.3 Å². The van der Waals surface area contributed by atoms with Crippen LogP contribution in [0.1, 0.15) is 5.56 Å². The smallest absolute Gasteiger partial charge is 0.262 e. The summed E-state index contributed by atoms with van der Waals surface area (Å²) in [5.41, 5.74) is 1.23. The van der Waals surface area contributed by atoms with Crippen molar-refractivity contribution in [3.05, 3.63) is 70.0 Å². The van der Waals surface area contributed by atoms with Crippen LogP contribution in [0, 0.1) is 5.82 Å². The molecule has 3 heterocycles. The molecule has 0 unspecified atom stereocenters. The van der Waals surface area contributed by atoms with Gasteiger partial charge in [0.15, 0.2) is 0 Å². The molecule has 0 radical (unpaired) electrons. The summed E-state index contributed by atoms with van der Waals surface area (Å²) in [6.45, 7) is 0.239. The average molecular weight is 311 g/mol. The van der Waals surface area contributed by atoms with Gasteiger partial charge in [0.25, 0.3) is 5.56 Å². The van der Waals surface area contributed by atoms with Gasteiger partial charge >= 0.3 is 0 Å². The first-order valence-electron chi connectivity index (χ1n) is 6.68. The van der Waals surface area contributed by atoms with Crippen LogP contribution in [0.3, 0.4) is 0 Å². The molecule has 4 rings (SSSR count). The molecule has 0 atom stereocenters. The number of hydrogen-bond donors (Lipinski definition) is 0. The SMILES string of the molecule is O=c1c2ccsc2ncn1Cc1cc(F)cc2cccnc12. The third-order valence-electron chi connectivity index (χ3n) is 3.54. The number of aromatic nitrogens is 3. The Morgan fingerprint density at radius 2 is 2.14 bits per heavy atom. The molecule has 0 saturated carbocycles. The first-order valence-corrected chi connectivity index (χ1v) is 7.56. The van der Waals surface area contributed by atoms with E-state index in [9.17, 15) is 9.18 Å². The molecule has 1 aromatic carbocycles. The summed E-state index contributed by atoms with van der Waals surface area (Å²) >= 11 is 1.42. The summed E-state index contributed by atoms with van der Waals surface area (Å²) in [7, 11) is 0. The number of benzene rings is 1. The molecule has 0 N–H and O–H groups in total. The molecule has 0 aliphatic carbocycles. The van der Waals surface area contributed by atoms with Gasteiger partial charge in [-0.05, 0) is 29.6 Å². The lowest BCUT2D eigenvalue weighted by molar-refractivity contribution is 0.625. The number of halogens is 1. The maximum Gasteiger partial charge on any atom is 0.262 e. The van der Waals surface area contributed by atoms with Gasteiger partial charge in [-0.25, -0.2) is 9.37 Å². The van der Waals surface area contributed by atoms with Crippen LogP contribution in [-0.4, -0.2) is 14.5 Å². The van der Waals surface area contributed by atoms with E-state index in [1.54, 1.807) is 24.4 Å². The fourth-order valence-electron chi connectivity index (χ4n) is 2.54. The predicted octanol–water partition coefficient (Wildman–Crippen LogP) is 3.19. The van der Waals surface area contributed by atoms with Crippen molar-refractivity contribution >= 4 is 32.5 Å². The quantitative estimate of drug-likeness (QED) is 0.571. The molecular formula is C16H10FN3OS. The van der Waals surface area contributed by atoms with Gasteiger partial charge in [-0.3, -0.25) is 14.3 Å². The van der Waals surface area contributed by atoms with Crippen molar-refractivity contribution in [3.63, 3.8) is 0 Å². The second kappa shape index (κ2) is 4.99. The van der Waals surface area contributed by atoms with Crippen LogP contribution in [0.2, 0.25) is 0 Å². The number of rotatable bonds is 2. The minimum absolute atomic E-state index is 0.125. The number of thiophene rings is 1. The Bertz CT molecular complexity index is 1050. The summed E-state index contributed by atoms with van der Waals surface area (Å²) in [6.07, 6.45) is 3.16. The van der Waals surface area contributed by atoms with Crippen LogP contribution in [0.15, 0.2) is 53.0 Å². The third-order valence-corrected chi connectivity index (χ3v) is 4.36. The number of fused-ring (bicyclic) bond motifs is 2. The Morgan fingerprint density at radius 1 is 1.23 bits per heavy atom. The van der Waals surface area contributed by atoms with Gasteiger partial charge < -0.3 is 0 Å². The zero-order chi connectivity index (χ0) is 15.1. The summed E-state index contributed by atoms with van der Waals surface area (Å²) in [6, 6.07) is 8.18. The van der Waals surface area contributed by atoms with Crippen molar-refractivity contribution in [2.45, 2.75) is 6.54 Å². The highest BCUT2D eigenvalue weighted by Crippen LogP contribution is 2.19. The summed E-state index contributed by atoms with van der Waals surface area (Å²) < 4.78 is 15.3. The van der Waals surface area contributed by atoms with E-state index in [4.69, 9.17) is 0 Å². The van der Waals surface area contributed by atoms with E-state index in [1.807, 2.05) is 5.38 Å². The largest absolute Gasteiger partial charge is 0.294 e. The molecule has 108 valence electrons. The second-order valence-corrected chi connectivity index (χ2v) is 5.85. The molecular weight excluding hydrogens is 301 g/mol. The van der Waals surface area contributed by atoms with Gasteiger partial charge in [-0.1, -0.05) is 6.07 Å². The topological polar surface area (TPSA) is 47.8 Å². The highest BCUT2D eigenvalue weighted by atomic mass is 32.1. The third kappa shape index (κ3) is 2.08. The Kier molecular flexibility index (Phi) is 2.97. The summed E-state index contributed by atoms with van der Waals surface area (Å²) in [4.78, 5) is 21.7. The monoisotopic (exact) mass is 311 g/mol. The molecule has 0 saturated heterocycles. The van der Waals surface area contributed by atoms with Crippen molar-refractivity contribution in [1.29, 1.82) is 0 Å². The first-order chi connectivity index (χ1) is 10.7. The lowest BCUT2D eigenvalue weighted by atomic mass is 10.1. The second-order valence-electron chi connectivity index (χ2n) is 4.96. The molecule has 0 fully saturated rings. The summed E-state index contributed by atoms with van der Waals surface area (Å²) in [5.74, 6) is -0.340.